The second kappa shape index (κ2) is 6.75. The maximum absolute atomic E-state index is 12.7. The van der Waals surface area contributed by atoms with Crippen molar-refractivity contribution in [2.45, 2.75) is 19.9 Å². The first-order chi connectivity index (χ1) is 9.63. The molecule has 0 aliphatic rings. The second-order valence-corrected chi connectivity index (χ2v) is 5.67. The minimum Gasteiger partial charge on any atom is -0.353 e. The standard InChI is InChI=1S/C16H19BrN2O/c1-3-10-19(12-13-7-6-11-18(13)2)16(20)14-8-4-5-9-15(14)17/h4-9,11H,3,10,12H2,1-2H3. The predicted octanol–water partition coefficient (Wildman–Crippen LogP) is 3.84. The lowest BCUT2D eigenvalue weighted by Gasteiger charge is -2.23. The molecule has 0 N–H and O–H groups in total. The number of aryl methyl sites for hydroxylation is 1. The highest BCUT2D eigenvalue weighted by Crippen LogP contribution is 2.19. The van der Waals surface area contributed by atoms with Gasteiger partial charge in [0, 0.05) is 30.0 Å². The number of carbonyl (C=O) groups is 1. The van der Waals surface area contributed by atoms with Gasteiger partial charge in [0.1, 0.15) is 0 Å². The Balaban J connectivity index is 2.22. The van der Waals surface area contributed by atoms with Crippen LogP contribution in [0.4, 0.5) is 0 Å². The lowest BCUT2D eigenvalue weighted by molar-refractivity contribution is 0.0739. The number of rotatable bonds is 5. The molecule has 2 aromatic rings. The van der Waals surface area contributed by atoms with Crippen molar-refractivity contribution >= 4 is 21.8 Å². The number of hydrogen-bond acceptors (Lipinski definition) is 1. The smallest absolute Gasteiger partial charge is 0.255 e. The van der Waals surface area contributed by atoms with Crippen molar-refractivity contribution in [2.75, 3.05) is 6.54 Å². The fourth-order valence-electron chi connectivity index (χ4n) is 2.18. The van der Waals surface area contributed by atoms with Crippen LogP contribution in [-0.2, 0) is 13.6 Å². The molecule has 0 aliphatic heterocycles. The van der Waals surface area contributed by atoms with Crippen LogP contribution in [0.25, 0.3) is 0 Å². The Kier molecular flexibility index (Phi) is 5.01. The van der Waals surface area contributed by atoms with E-state index in [1.54, 1.807) is 0 Å². The van der Waals surface area contributed by atoms with Crippen LogP contribution in [0.1, 0.15) is 29.4 Å². The van der Waals surface area contributed by atoms with E-state index in [1.165, 1.54) is 0 Å². The summed E-state index contributed by atoms with van der Waals surface area (Å²) >= 11 is 3.46. The SMILES string of the molecule is CCCN(Cc1cccn1C)C(=O)c1ccccc1Br. The molecule has 4 heteroatoms. The molecule has 0 fully saturated rings. The molecule has 0 atom stereocenters. The van der Waals surface area contributed by atoms with Crippen LogP contribution in [0.3, 0.4) is 0 Å². The molecule has 0 bridgehead atoms. The van der Waals surface area contributed by atoms with Gasteiger partial charge in [0.25, 0.3) is 5.91 Å². The molecule has 1 aromatic carbocycles. The summed E-state index contributed by atoms with van der Waals surface area (Å²) < 4.78 is 2.90. The Bertz CT molecular complexity index is 592. The summed E-state index contributed by atoms with van der Waals surface area (Å²) in [5.41, 5.74) is 1.86. The minimum atomic E-state index is 0.0699. The quantitative estimate of drug-likeness (QED) is 0.815. The van der Waals surface area contributed by atoms with E-state index in [1.807, 2.05) is 48.5 Å². The molecule has 0 aliphatic carbocycles. The van der Waals surface area contributed by atoms with E-state index < -0.39 is 0 Å². The Morgan fingerprint density at radius 1 is 1.25 bits per heavy atom. The molecule has 2 rings (SSSR count). The van der Waals surface area contributed by atoms with Gasteiger partial charge in [-0.3, -0.25) is 4.79 Å². The molecule has 1 amide bonds. The zero-order chi connectivity index (χ0) is 14.5. The molecule has 1 heterocycles. The van der Waals surface area contributed by atoms with E-state index in [9.17, 15) is 4.79 Å². The number of nitrogens with zero attached hydrogens (tertiary/aromatic N) is 2. The van der Waals surface area contributed by atoms with Crippen LogP contribution in [-0.4, -0.2) is 21.9 Å². The molecule has 0 saturated heterocycles. The van der Waals surface area contributed by atoms with Gasteiger partial charge in [-0.1, -0.05) is 19.1 Å². The van der Waals surface area contributed by atoms with E-state index in [4.69, 9.17) is 0 Å². The summed E-state index contributed by atoms with van der Waals surface area (Å²) in [7, 11) is 2.00. The third kappa shape index (κ3) is 3.31. The number of amides is 1. The number of aromatic nitrogens is 1. The highest BCUT2D eigenvalue weighted by Gasteiger charge is 2.18. The predicted molar refractivity (Wildman–Crippen MR) is 84.6 cm³/mol. The van der Waals surface area contributed by atoms with Crippen LogP contribution in [0.15, 0.2) is 47.1 Å². The third-order valence-electron chi connectivity index (χ3n) is 3.29. The molecule has 0 unspecified atom stereocenters. The average molecular weight is 335 g/mol. The van der Waals surface area contributed by atoms with Crippen molar-refractivity contribution in [2.24, 2.45) is 7.05 Å². The van der Waals surface area contributed by atoms with Crippen molar-refractivity contribution in [1.82, 2.24) is 9.47 Å². The van der Waals surface area contributed by atoms with Crippen molar-refractivity contribution < 1.29 is 4.79 Å². The summed E-state index contributed by atoms with van der Waals surface area (Å²) in [6.07, 6.45) is 2.95. The van der Waals surface area contributed by atoms with E-state index in [0.29, 0.717) is 6.54 Å². The minimum absolute atomic E-state index is 0.0699. The lowest BCUT2D eigenvalue weighted by Crippen LogP contribution is -2.32. The van der Waals surface area contributed by atoms with E-state index in [2.05, 4.69) is 33.5 Å². The summed E-state index contributed by atoms with van der Waals surface area (Å²) in [6.45, 7) is 3.48. The topological polar surface area (TPSA) is 25.2 Å². The fraction of sp³-hybridized carbons (Fsp3) is 0.312. The van der Waals surface area contributed by atoms with Gasteiger partial charge >= 0.3 is 0 Å². The molecule has 1 aromatic heterocycles. The number of hydrogen-bond donors (Lipinski definition) is 0. The van der Waals surface area contributed by atoms with Crippen LogP contribution < -0.4 is 0 Å². The first-order valence-electron chi connectivity index (χ1n) is 6.77. The van der Waals surface area contributed by atoms with E-state index >= 15 is 0 Å². The fourth-order valence-corrected chi connectivity index (χ4v) is 2.64. The molecule has 0 radical (unpaired) electrons. The molecular weight excluding hydrogens is 316 g/mol. The van der Waals surface area contributed by atoms with Gasteiger partial charge in [-0.25, -0.2) is 0 Å². The monoisotopic (exact) mass is 334 g/mol. The summed E-state index contributed by atoms with van der Waals surface area (Å²) in [4.78, 5) is 14.6. The number of benzene rings is 1. The maximum atomic E-state index is 12.7. The van der Waals surface area contributed by atoms with E-state index in [0.717, 1.165) is 28.7 Å². The highest BCUT2D eigenvalue weighted by molar-refractivity contribution is 9.10. The molecule has 0 saturated carbocycles. The van der Waals surface area contributed by atoms with Gasteiger partial charge in [0.2, 0.25) is 0 Å². The average Bonchev–Trinajstić information content (AvgIpc) is 2.84. The first-order valence-corrected chi connectivity index (χ1v) is 7.56. The van der Waals surface area contributed by atoms with Gasteiger partial charge in [-0.2, -0.15) is 0 Å². The lowest BCUT2D eigenvalue weighted by atomic mass is 10.2. The highest BCUT2D eigenvalue weighted by atomic mass is 79.9. The Morgan fingerprint density at radius 3 is 2.60 bits per heavy atom. The maximum Gasteiger partial charge on any atom is 0.255 e. The van der Waals surface area contributed by atoms with Crippen molar-refractivity contribution in [3.63, 3.8) is 0 Å². The van der Waals surface area contributed by atoms with Crippen LogP contribution in [0.2, 0.25) is 0 Å². The van der Waals surface area contributed by atoms with Crippen molar-refractivity contribution in [1.29, 1.82) is 0 Å². The normalized spacial score (nSPS) is 10.6. The van der Waals surface area contributed by atoms with Crippen LogP contribution >= 0.6 is 15.9 Å². The van der Waals surface area contributed by atoms with Crippen LogP contribution in [0, 0.1) is 0 Å². The van der Waals surface area contributed by atoms with Gasteiger partial charge in [-0.05, 0) is 46.6 Å². The number of carbonyl (C=O) groups excluding carboxylic acids is 1. The van der Waals surface area contributed by atoms with Gasteiger partial charge < -0.3 is 9.47 Å². The second-order valence-electron chi connectivity index (χ2n) is 4.82. The summed E-state index contributed by atoms with van der Waals surface area (Å²) in [6, 6.07) is 11.6. The Morgan fingerprint density at radius 2 is 2.00 bits per heavy atom. The third-order valence-corrected chi connectivity index (χ3v) is 3.98. The summed E-state index contributed by atoms with van der Waals surface area (Å²) in [5.74, 6) is 0.0699. The molecular formula is C16H19BrN2O. The van der Waals surface area contributed by atoms with Gasteiger partial charge in [0.05, 0.1) is 12.1 Å². The molecule has 20 heavy (non-hydrogen) atoms. The summed E-state index contributed by atoms with van der Waals surface area (Å²) in [5, 5.41) is 0. The zero-order valence-electron chi connectivity index (χ0n) is 11.8. The van der Waals surface area contributed by atoms with Gasteiger partial charge in [-0.15, -0.1) is 0 Å². The molecule has 0 spiro atoms. The first kappa shape index (κ1) is 14.9. The van der Waals surface area contributed by atoms with Crippen molar-refractivity contribution in [3.05, 3.63) is 58.3 Å². The molecule has 3 nitrogen and oxygen atoms in total. The zero-order valence-corrected chi connectivity index (χ0v) is 13.4. The number of halogens is 1. The van der Waals surface area contributed by atoms with Crippen LogP contribution in [0.5, 0.6) is 0 Å². The van der Waals surface area contributed by atoms with Gasteiger partial charge in [0.15, 0.2) is 0 Å². The van der Waals surface area contributed by atoms with Crippen molar-refractivity contribution in [3.8, 4) is 0 Å². The molecule has 106 valence electrons. The Labute approximate surface area is 128 Å². The largest absolute Gasteiger partial charge is 0.353 e. The van der Waals surface area contributed by atoms with E-state index in [-0.39, 0.29) is 5.91 Å². The Hall–Kier alpha value is -1.55.